The lowest BCUT2D eigenvalue weighted by molar-refractivity contribution is -0.134. The zero-order valence-electron chi connectivity index (χ0n) is 10.9. The summed E-state index contributed by atoms with van der Waals surface area (Å²) < 4.78 is 6.95. The molecule has 0 aromatic heterocycles. The van der Waals surface area contributed by atoms with Crippen molar-refractivity contribution in [3.8, 4) is 5.75 Å². The van der Waals surface area contributed by atoms with E-state index in [9.17, 15) is 4.79 Å². The lowest BCUT2D eigenvalue weighted by Crippen LogP contribution is -2.50. The molecule has 1 saturated carbocycles. The molecule has 2 atom stereocenters. The number of fused-ring (bicyclic) bond motifs is 3. The van der Waals surface area contributed by atoms with E-state index in [1.165, 1.54) is 5.56 Å². The third-order valence-corrected chi connectivity index (χ3v) is 4.66. The SMILES string of the molecule is CC1(C)CC(=O)C2Oc3ccc(Br)cc3C2(C)C1. The van der Waals surface area contributed by atoms with Gasteiger partial charge in [-0.25, -0.2) is 0 Å². The van der Waals surface area contributed by atoms with Crippen LogP contribution in [0.15, 0.2) is 22.7 Å². The number of ether oxygens (including phenoxy) is 1. The molecule has 0 bridgehead atoms. The highest BCUT2D eigenvalue weighted by molar-refractivity contribution is 9.10. The number of benzene rings is 1. The van der Waals surface area contributed by atoms with Crippen LogP contribution in [0.3, 0.4) is 0 Å². The highest BCUT2D eigenvalue weighted by atomic mass is 79.9. The summed E-state index contributed by atoms with van der Waals surface area (Å²) in [6.45, 7) is 6.50. The molecule has 0 radical (unpaired) electrons. The van der Waals surface area contributed by atoms with Gasteiger partial charge in [-0.15, -0.1) is 0 Å². The van der Waals surface area contributed by atoms with E-state index in [1.54, 1.807) is 0 Å². The summed E-state index contributed by atoms with van der Waals surface area (Å²) in [6.07, 6.45) is 1.30. The third kappa shape index (κ3) is 1.63. The number of carbonyl (C=O) groups excluding carboxylic acids is 1. The highest BCUT2D eigenvalue weighted by Gasteiger charge is 2.55. The highest BCUT2D eigenvalue weighted by Crippen LogP contribution is 2.54. The average Bonchev–Trinajstić information content (AvgIpc) is 2.50. The van der Waals surface area contributed by atoms with Crippen molar-refractivity contribution in [1.82, 2.24) is 0 Å². The Morgan fingerprint density at radius 2 is 2.06 bits per heavy atom. The summed E-state index contributed by atoms with van der Waals surface area (Å²) in [7, 11) is 0. The molecule has 18 heavy (non-hydrogen) atoms. The smallest absolute Gasteiger partial charge is 0.174 e. The molecule has 1 aliphatic carbocycles. The second-order valence-electron chi connectivity index (χ2n) is 6.54. The standard InChI is InChI=1S/C15H17BrO2/c1-14(2)7-11(17)13-15(3,8-14)10-6-9(16)4-5-12(10)18-13/h4-6,13H,7-8H2,1-3H3. The van der Waals surface area contributed by atoms with Gasteiger partial charge in [0.05, 0.1) is 0 Å². The van der Waals surface area contributed by atoms with Gasteiger partial charge in [-0.05, 0) is 30.0 Å². The van der Waals surface area contributed by atoms with Crippen LogP contribution < -0.4 is 4.74 Å². The van der Waals surface area contributed by atoms with Gasteiger partial charge < -0.3 is 4.74 Å². The molecular formula is C15H17BrO2. The zero-order chi connectivity index (χ0) is 13.1. The molecule has 3 rings (SSSR count). The maximum absolute atomic E-state index is 12.3. The first-order chi connectivity index (χ1) is 8.32. The summed E-state index contributed by atoms with van der Waals surface area (Å²) in [6, 6.07) is 6.03. The van der Waals surface area contributed by atoms with E-state index in [-0.39, 0.29) is 22.7 Å². The Morgan fingerprint density at radius 1 is 1.33 bits per heavy atom. The Labute approximate surface area is 116 Å². The van der Waals surface area contributed by atoms with Crippen LogP contribution in [0.4, 0.5) is 0 Å². The van der Waals surface area contributed by atoms with E-state index in [4.69, 9.17) is 4.74 Å². The molecule has 2 nitrogen and oxygen atoms in total. The maximum Gasteiger partial charge on any atom is 0.174 e. The van der Waals surface area contributed by atoms with E-state index < -0.39 is 0 Å². The van der Waals surface area contributed by atoms with Gasteiger partial charge in [-0.1, -0.05) is 36.7 Å². The molecule has 1 aromatic rings. The molecule has 1 aromatic carbocycles. The maximum atomic E-state index is 12.3. The fourth-order valence-electron chi connectivity index (χ4n) is 3.68. The van der Waals surface area contributed by atoms with Gasteiger partial charge in [-0.3, -0.25) is 4.79 Å². The second kappa shape index (κ2) is 3.60. The molecule has 1 heterocycles. The molecule has 0 spiro atoms. The summed E-state index contributed by atoms with van der Waals surface area (Å²) in [5, 5.41) is 0. The fraction of sp³-hybridized carbons (Fsp3) is 0.533. The zero-order valence-corrected chi connectivity index (χ0v) is 12.5. The monoisotopic (exact) mass is 308 g/mol. The van der Waals surface area contributed by atoms with Crippen molar-refractivity contribution >= 4 is 21.7 Å². The van der Waals surface area contributed by atoms with Crippen LogP contribution in [0.5, 0.6) is 5.75 Å². The first kappa shape index (κ1) is 12.2. The van der Waals surface area contributed by atoms with Crippen LogP contribution in [0.1, 0.15) is 39.2 Å². The Balaban J connectivity index is 2.14. The van der Waals surface area contributed by atoms with Crippen LogP contribution in [0.2, 0.25) is 0 Å². The van der Waals surface area contributed by atoms with Gasteiger partial charge in [-0.2, -0.15) is 0 Å². The number of halogens is 1. The van der Waals surface area contributed by atoms with Gasteiger partial charge in [0.15, 0.2) is 11.9 Å². The Kier molecular flexibility index (Phi) is 2.44. The molecule has 3 heteroatoms. The molecule has 0 amide bonds. The third-order valence-electron chi connectivity index (χ3n) is 4.17. The lowest BCUT2D eigenvalue weighted by atomic mass is 9.61. The average molecular weight is 309 g/mol. The van der Waals surface area contributed by atoms with Crippen molar-refractivity contribution in [3.05, 3.63) is 28.2 Å². The quantitative estimate of drug-likeness (QED) is 0.727. The predicted octanol–water partition coefficient (Wildman–Crippen LogP) is 3.86. The molecule has 0 N–H and O–H groups in total. The normalized spacial score (nSPS) is 32.7. The van der Waals surface area contributed by atoms with Gasteiger partial charge in [0.1, 0.15) is 5.75 Å². The van der Waals surface area contributed by atoms with Crippen molar-refractivity contribution in [1.29, 1.82) is 0 Å². The molecule has 0 saturated heterocycles. The molecule has 2 unspecified atom stereocenters. The van der Waals surface area contributed by atoms with E-state index in [2.05, 4.69) is 42.8 Å². The van der Waals surface area contributed by atoms with Crippen LogP contribution in [0, 0.1) is 5.41 Å². The Morgan fingerprint density at radius 3 is 2.78 bits per heavy atom. The first-order valence-corrected chi connectivity index (χ1v) is 7.11. The van der Waals surface area contributed by atoms with E-state index in [0.29, 0.717) is 6.42 Å². The van der Waals surface area contributed by atoms with Crippen molar-refractivity contribution in [2.45, 2.75) is 45.1 Å². The summed E-state index contributed by atoms with van der Waals surface area (Å²) in [5.74, 6) is 1.11. The number of rotatable bonds is 0. The number of hydrogen-bond acceptors (Lipinski definition) is 2. The van der Waals surface area contributed by atoms with Crippen molar-refractivity contribution in [2.24, 2.45) is 5.41 Å². The van der Waals surface area contributed by atoms with Crippen LogP contribution in [-0.2, 0) is 10.2 Å². The van der Waals surface area contributed by atoms with Crippen molar-refractivity contribution in [2.75, 3.05) is 0 Å². The Bertz CT molecular complexity index is 535. The largest absolute Gasteiger partial charge is 0.481 e. The van der Waals surface area contributed by atoms with Gasteiger partial charge in [0.25, 0.3) is 0 Å². The Hall–Kier alpha value is -0.830. The molecular weight excluding hydrogens is 292 g/mol. The van der Waals surface area contributed by atoms with E-state index in [1.807, 2.05) is 12.1 Å². The minimum Gasteiger partial charge on any atom is -0.481 e. The molecule has 96 valence electrons. The van der Waals surface area contributed by atoms with Gasteiger partial charge in [0, 0.05) is 21.9 Å². The van der Waals surface area contributed by atoms with Gasteiger partial charge >= 0.3 is 0 Å². The number of hydrogen-bond donors (Lipinski definition) is 0. The first-order valence-electron chi connectivity index (χ1n) is 6.31. The van der Waals surface area contributed by atoms with Gasteiger partial charge in [0.2, 0.25) is 0 Å². The minimum absolute atomic E-state index is 0.0512. The molecule has 1 aliphatic heterocycles. The number of ketones is 1. The topological polar surface area (TPSA) is 26.3 Å². The van der Waals surface area contributed by atoms with Crippen molar-refractivity contribution in [3.63, 3.8) is 0 Å². The lowest BCUT2D eigenvalue weighted by Gasteiger charge is -2.42. The summed E-state index contributed by atoms with van der Waals surface area (Å²) in [4.78, 5) is 12.3. The molecule has 1 fully saturated rings. The summed E-state index contributed by atoms with van der Waals surface area (Å²) in [5.41, 5.74) is 1.04. The van der Waals surface area contributed by atoms with Crippen LogP contribution in [0.25, 0.3) is 0 Å². The number of Topliss-reactive ketones (excluding diaryl/α,β-unsaturated/α-hetero) is 1. The van der Waals surface area contributed by atoms with Crippen LogP contribution >= 0.6 is 15.9 Å². The molecule has 2 aliphatic rings. The fourth-order valence-corrected chi connectivity index (χ4v) is 4.04. The number of carbonyl (C=O) groups is 1. The second-order valence-corrected chi connectivity index (χ2v) is 7.46. The van der Waals surface area contributed by atoms with E-state index in [0.717, 1.165) is 16.6 Å². The van der Waals surface area contributed by atoms with E-state index >= 15 is 0 Å². The predicted molar refractivity (Wildman–Crippen MR) is 73.9 cm³/mol. The van der Waals surface area contributed by atoms with Crippen molar-refractivity contribution < 1.29 is 9.53 Å². The summed E-state index contributed by atoms with van der Waals surface area (Å²) >= 11 is 3.51. The minimum atomic E-state index is -0.296. The van der Waals surface area contributed by atoms with Crippen LogP contribution in [-0.4, -0.2) is 11.9 Å².